The molecule has 0 unspecified atom stereocenters. The van der Waals surface area contributed by atoms with Crippen molar-refractivity contribution >= 4 is 5.69 Å². The van der Waals surface area contributed by atoms with Crippen LogP contribution in [0.1, 0.15) is 25.8 Å². The minimum absolute atomic E-state index is 0.154. The molecular weight excluding hydrogens is 165 g/mol. The molecule has 1 aliphatic rings. The van der Waals surface area contributed by atoms with Gasteiger partial charge in [-0.25, -0.2) is 4.39 Å². The Hall–Kier alpha value is -1.05. The maximum atomic E-state index is 12.7. The fourth-order valence-corrected chi connectivity index (χ4v) is 1.43. The van der Waals surface area contributed by atoms with Crippen molar-refractivity contribution in [2.75, 3.05) is 11.9 Å². The average molecular weight is 181 g/mol. The monoisotopic (exact) mass is 181 g/mol. The molecule has 0 aromatic heterocycles. The largest absolute Gasteiger partial charge is 0.385 e. The van der Waals surface area contributed by atoms with Gasteiger partial charge in [0.1, 0.15) is 5.82 Å². The summed E-state index contributed by atoms with van der Waals surface area (Å²) in [7, 11) is 0. The summed E-state index contributed by atoms with van der Waals surface area (Å²) < 4.78 is 12.7. The third kappa shape index (κ3) is 2.44. The SMILES string of the molecule is CC.Fc1ccc2c(c1)NCCC2. The maximum absolute atomic E-state index is 12.7. The standard InChI is InChI=1S/C9H10FN.C2H6/c10-8-4-3-7-2-1-5-11-9(7)6-8;1-2/h3-4,6,11H,1-2,5H2;1-2H3. The molecule has 0 saturated carbocycles. The van der Waals surface area contributed by atoms with E-state index in [1.54, 1.807) is 6.07 Å². The van der Waals surface area contributed by atoms with E-state index < -0.39 is 0 Å². The molecule has 0 saturated heterocycles. The van der Waals surface area contributed by atoms with E-state index in [0.29, 0.717) is 0 Å². The van der Waals surface area contributed by atoms with Crippen molar-refractivity contribution in [1.82, 2.24) is 0 Å². The molecule has 2 rings (SSSR count). The molecule has 1 aromatic carbocycles. The predicted molar refractivity (Wildman–Crippen MR) is 54.6 cm³/mol. The van der Waals surface area contributed by atoms with Crippen LogP contribution in [0.2, 0.25) is 0 Å². The topological polar surface area (TPSA) is 12.0 Å². The highest BCUT2D eigenvalue weighted by Crippen LogP contribution is 2.21. The zero-order chi connectivity index (χ0) is 9.68. The molecule has 1 heterocycles. The summed E-state index contributed by atoms with van der Waals surface area (Å²) >= 11 is 0. The van der Waals surface area contributed by atoms with Crippen LogP contribution in [0.4, 0.5) is 10.1 Å². The smallest absolute Gasteiger partial charge is 0.125 e. The molecule has 0 fully saturated rings. The molecule has 2 heteroatoms. The van der Waals surface area contributed by atoms with Gasteiger partial charge >= 0.3 is 0 Å². The molecule has 0 atom stereocenters. The van der Waals surface area contributed by atoms with Gasteiger partial charge in [0.2, 0.25) is 0 Å². The van der Waals surface area contributed by atoms with Crippen molar-refractivity contribution in [2.45, 2.75) is 26.7 Å². The van der Waals surface area contributed by atoms with Crippen LogP contribution in [0, 0.1) is 5.82 Å². The zero-order valence-corrected chi connectivity index (χ0v) is 8.23. The number of rotatable bonds is 0. The van der Waals surface area contributed by atoms with Crippen LogP contribution in [-0.4, -0.2) is 6.54 Å². The summed E-state index contributed by atoms with van der Waals surface area (Å²) in [6.07, 6.45) is 2.22. The Balaban J connectivity index is 0.000000396. The molecule has 0 aliphatic carbocycles. The van der Waals surface area contributed by atoms with Crippen molar-refractivity contribution in [1.29, 1.82) is 0 Å². The van der Waals surface area contributed by atoms with Gasteiger partial charge in [-0.2, -0.15) is 0 Å². The fraction of sp³-hybridized carbons (Fsp3) is 0.455. The first-order chi connectivity index (χ1) is 6.36. The molecule has 1 aliphatic heterocycles. The lowest BCUT2D eigenvalue weighted by molar-refractivity contribution is 0.626. The Morgan fingerprint density at radius 3 is 2.85 bits per heavy atom. The van der Waals surface area contributed by atoms with Gasteiger partial charge in [-0.05, 0) is 30.5 Å². The number of nitrogens with one attached hydrogen (secondary N) is 1. The molecule has 1 N–H and O–H groups in total. The number of halogens is 1. The van der Waals surface area contributed by atoms with Crippen molar-refractivity contribution in [3.8, 4) is 0 Å². The van der Waals surface area contributed by atoms with E-state index in [-0.39, 0.29) is 5.82 Å². The van der Waals surface area contributed by atoms with E-state index in [0.717, 1.165) is 25.1 Å². The van der Waals surface area contributed by atoms with E-state index in [1.165, 1.54) is 11.6 Å². The normalized spacial score (nSPS) is 13.5. The van der Waals surface area contributed by atoms with E-state index in [4.69, 9.17) is 0 Å². The molecular formula is C11H16FN. The molecule has 13 heavy (non-hydrogen) atoms. The first-order valence-electron chi connectivity index (χ1n) is 4.88. The van der Waals surface area contributed by atoms with Crippen molar-refractivity contribution in [3.05, 3.63) is 29.6 Å². The minimum atomic E-state index is -0.154. The Morgan fingerprint density at radius 2 is 2.08 bits per heavy atom. The van der Waals surface area contributed by atoms with Gasteiger partial charge in [-0.15, -0.1) is 0 Å². The molecule has 0 radical (unpaired) electrons. The van der Waals surface area contributed by atoms with E-state index in [1.807, 2.05) is 19.9 Å². The van der Waals surface area contributed by atoms with Crippen LogP contribution in [0.3, 0.4) is 0 Å². The quantitative estimate of drug-likeness (QED) is 0.648. The number of benzene rings is 1. The highest BCUT2D eigenvalue weighted by Gasteiger charge is 2.07. The van der Waals surface area contributed by atoms with Crippen molar-refractivity contribution < 1.29 is 4.39 Å². The summed E-state index contributed by atoms with van der Waals surface area (Å²) in [4.78, 5) is 0. The summed E-state index contributed by atoms with van der Waals surface area (Å²) in [6, 6.07) is 4.94. The fourth-order valence-electron chi connectivity index (χ4n) is 1.43. The summed E-state index contributed by atoms with van der Waals surface area (Å²) in [6.45, 7) is 4.97. The molecule has 1 aromatic rings. The average Bonchev–Trinajstić information content (AvgIpc) is 2.21. The zero-order valence-electron chi connectivity index (χ0n) is 8.23. The lowest BCUT2D eigenvalue weighted by Gasteiger charge is -2.17. The van der Waals surface area contributed by atoms with Gasteiger partial charge in [0.25, 0.3) is 0 Å². The van der Waals surface area contributed by atoms with Crippen molar-refractivity contribution in [2.24, 2.45) is 0 Å². The molecule has 1 nitrogen and oxygen atoms in total. The molecule has 72 valence electrons. The van der Waals surface area contributed by atoms with Crippen LogP contribution >= 0.6 is 0 Å². The Labute approximate surface area is 79.0 Å². The lowest BCUT2D eigenvalue weighted by Crippen LogP contribution is -2.11. The van der Waals surface area contributed by atoms with Gasteiger partial charge in [0.05, 0.1) is 0 Å². The van der Waals surface area contributed by atoms with Crippen LogP contribution in [0.5, 0.6) is 0 Å². The Bertz CT molecular complexity index is 271. The Kier molecular flexibility index (Phi) is 3.74. The summed E-state index contributed by atoms with van der Waals surface area (Å²) in [5.41, 5.74) is 2.20. The molecule has 0 bridgehead atoms. The Morgan fingerprint density at radius 1 is 1.31 bits per heavy atom. The van der Waals surface area contributed by atoms with E-state index >= 15 is 0 Å². The first kappa shape index (κ1) is 10.0. The van der Waals surface area contributed by atoms with E-state index in [2.05, 4.69) is 5.32 Å². The number of aryl methyl sites for hydroxylation is 1. The van der Waals surface area contributed by atoms with Crippen LogP contribution in [0.15, 0.2) is 18.2 Å². The second kappa shape index (κ2) is 4.85. The second-order valence-corrected chi connectivity index (χ2v) is 2.83. The second-order valence-electron chi connectivity index (χ2n) is 2.83. The summed E-state index contributed by atoms with van der Waals surface area (Å²) in [5, 5.41) is 3.16. The van der Waals surface area contributed by atoms with Gasteiger partial charge in [0.15, 0.2) is 0 Å². The number of hydrogen-bond donors (Lipinski definition) is 1. The minimum Gasteiger partial charge on any atom is -0.385 e. The van der Waals surface area contributed by atoms with Crippen LogP contribution in [0.25, 0.3) is 0 Å². The van der Waals surface area contributed by atoms with Gasteiger partial charge in [0, 0.05) is 12.2 Å². The van der Waals surface area contributed by atoms with Crippen LogP contribution < -0.4 is 5.32 Å². The van der Waals surface area contributed by atoms with Crippen molar-refractivity contribution in [3.63, 3.8) is 0 Å². The summed E-state index contributed by atoms with van der Waals surface area (Å²) in [5.74, 6) is -0.154. The highest BCUT2D eigenvalue weighted by atomic mass is 19.1. The number of anilines is 1. The maximum Gasteiger partial charge on any atom is 0.125 e. The van der Waals surface area contributed by atoms with E-state index in [9.17, 15) is 4.39 Å². The number of fused-ring (bicyclic) bond motifs is 1. The first-order valence-corrected chi connectivity index (χ1v) is 4.88. The number of hydrogen-bond acceptors (Lipinski definition) is 1. The van der Waals surface area contributed by atoms with Gasteiger partial charge in [-0.1, -0.05) is 19.9 Å². The molecule has 0 amide bonds. The lowest BCUT2D eigenvalue weighted by atomic mass is 10.0. The third-order valence-corrected chi connectivity index (χ3v) is 2.01. The van der Waals surface area contributed by atoms with Gasteiger partial charge < -0.3 is 5.32 Å². The predicted octanol–water partition coefficient (Wildman–Crippen LogP) is 3.21. The third-order valence-electron chi connectivity index (χ3n) is 2.01. The highest BCUT2D eigenvalue weighted by molar-refractivity contribution is 5.52. The van der Waals surface area contributed by atoms with Crippen LogP contribution in [-0.2, 0) is 6.42 Å². The van der Waals surface area contributed by atoms with Gasteiger partial charge in [-0.3, -0.25) is 0 Å². The molecule has 0 spiro atoms.